The minimum Gasteiger partial charge on any atom is -0.497 e. The smallest absolute Gasteiger partial charge is 0.330 e. The number of rotatable bonds is 13. The molecule has 2 heterocycles. The summed E-state index contributed by atoms with van der Waals surface area (Å²) in [7, 11) is 1.58. The van der Waals surface area contributed by atoms with Gasteiger partial charge in [-0.25, -0.2) is 14.6 Å². The van der Waals surface area contributed by atoms with Crippen LogP contribution >= 0.6 is 0 Å². The number of nitrogens with zero attached hydrogens (tertiary/aromatic N) is 2. The van der Waals surface area contributed by atoms with Gasteiger partial charge in [0.25, 0.3) is 0 Å². The number of carbonyl (C=O) groups is 4. The van der Waals surface area contributed by atoms with Crippen molar-refractivity contribution in [1.29, 1.82) is 0 Å². The summed E-state index contributed by atoms with van der Waals surface area (Å²) in [5, 5.41) is 19.4. The summed E-state index contributed by atoms with van der Waals surface area (Å²) in [6.07, 6.45) is 6.84. The number of aromatic nitrogens is 1. The Kier molecular flexibility index (Phi) is 11.0. The van der Waals surface area contributed by atoms with Crippen molar-refractivity contribution in [2.75, 3.05) is 20.2 Å². The van der Waals surface area contributed by atoms with E-state index in [0.717, 1.165) is 36.6 Å². The van der Waals surface area contributed by atoms with Crippen molar-refractivity contribution < 1.29 is 33.8 Å². The SMILES string of the molecule is C=CC1CC1(NC(=O)[C@@H]1C[C@@H](Oc2cc(-c3ccccc3)nc3cc(OC)ccc23)CN1C(=O)N[C@H](C(=O)NCC1CCCCC1)C(C)C)C(=O)O. The Labute approximate surface area is 304 Å². The molecule has 3 aromatic rings. The lowest BCUT2D eigenvalue weighted by Crippen LogP contribution is -2.58. The van der Waals surface area contributed by atoms with Gasteiger partial charge in [-0.15, -0.1) is 6.58 Å². The van der Waals surface area contributed by atoms with E-state index in [-0.39, 0.29) is 31.2 Å². The van der Waals surface area contributed by atoms with Crippen LogP contribution < -0.4 is 25.4 Å². The number of carbonyl (C=O) groups excluding carboxylic acids is 3. The van der Waals surface area contributed by atoms with E-state index in [4.69, 9.17) is 14.5 Å². The van der Waals surface area contributed by atoms with Gasteiger partial charge in [0.15, 0.2) is 0 Å². The second kappa shape index (κ2) is 15.6. The predicted octanol–water partition coefficient (Wildman–Crippen LogP) is 5.31. The number of carboxylic acids is 1. The van der Waals surface area contributed by atoms with Gasteiger partial charge in [0.2, 0.25) is 11.8 Å². The maximum Gasteiger partial charge on any atom is 0.330 e. The average molecular weight is 712 g/mol. The third kappa shape index (κ3) is 7.85. The molecule has 2 aliphatic carbocycles. The van der Waals surface area contributed by atoms with E-state index < -0.39 is 47.6 Å². The van der Waals surface area contributed by atoms with Gasteiger partial charge in [0, 0.05) is 42.0 Å². The summed E-state index contributed by atoms with van der Waals surface area (Å²) < 4.78 is 12.1. The average Bonchev–Trinajstić information content (AvgIpc) is 3.72. The molecule has 4 N–H and O–H groups in total. The molecule has 4 amide bonds. The second-order valence-corrected chi connectivity index (χ2v) is 14.6. The summed E-state index contributed by atoms with van der Waals surface area (Å²) in [4.78, 5) is 59.9. The molecule has 1 aliphatic heterocycles. The molecule has 2 aromatic carbocycles. The number of fused-ring (bicyclic) bond motifs is 1. The lowest BCUT2D eigenvalue weighted by Gasteiger charge is -2.29. The van der Waals surface area contributed by atoms with Crippen molar-refractivity contribution in [3.05, 3.63) is 67.3 Å². The van der Waals surface area contributed by atoms with Crippen LogP contribution in [0.2, 0.25) is 0 Å². The maximum atomic E-state index is 14.1. The minimum absolute atomic E-state index is 0.0179. The Hall–Kier alpha value is -5.13. The number of likely N-dealkylation sites (tertiary alicyclic amines) is 1. The van der Waals surface area contributed by atoms with Gasteiger partial charge in [0.05, 0.1) is 24.9 Å². The molecule has 3 fully saturated rings. The van der Waals surface area contributed by atoms with Gasteiger partial charge in [-0.2, -0.15) is 0 Å². The molecule has 1 saturated heterocycles. The summed E-state index contributed by atoms with van der Waals surface area (Å²) in [5.74, 6) is -1.14. The summed E-state index contributed by atoms with van der Waals surface area (Å²) in [6, 6.07) is 14.5. The van der Waals surface area contributed by atoms with Crippen molar-refractivity contribution >= 4 is 34.7 Å². The fourth-order valence-corrected chi connectivity index (χ4v) is 7.51. The van der Waals surface area contributed by atoms with Gasteiger partial charge in [-0.05, 0) is 43.2 Å². The zero-order valence-electron chi connectivity index (χ0n) is 30.1. The van der Waals surface area contributed by atoms with E-state index in [9.17, 15) is 24.3 Å². The number of hydrogen-bond acceptors (Lipinski definition) is 7. The molecule has 2 unspecified atom stereocenters. The molecule has 6 rings (SSSR count). The Bertz CT molecular complexity index is 1810. The highest BCUT2D eigenvalue weighted by atomic mass is 16.5. The Morgan fingerprint density at radius 3 is 2.48 bits per heavy atom. The first-order valence-electron chi connectivity index (χ1n) is 18.3. The largest absolute Gasteiger partial charge is 0.497 e. The van der Waals surface area contributed by atoms with E-state index in [1.54, 1.807) is 7.11 Å². The minimum atomic E-state index is -1.48. The fourth-order valence-electron chi connectivity index (χ4n) is 7.51. The summed E-state index contributed by atoms with van der Waals surface area (Å²) in [5.41, 5.74) is 0.710. The van der Waals surface area contributed by atoms with Gasteiger partial charge < -0.3 is 35.4 Å². The van der Waals surface area contributed by atoms with E-state index in [1.165, 1.54) is 17.4 Å². The van der Waals surface area contributed by atoms with Crippen LogP contribution in [0.3, 0.4) is 0 Å². The molecule has 2 saturated carbocycles. The summed E-state index contributed by atoms with van der Waals surface area (Å²) in [6.45, 7) is 8.02. The van der Waals surface area contributed by atoms with Gasteiger partial charge in [0.1, 0.15) is 35.2 Å². The quantitative estimate of drug-likeness (QED) is 0.174. The van der Waals surface area contributed by atoms with Gasteiger partial charge in [-0.1, -0.05) is 69.5 Å². The zero-order valence-corrected chi connectivity index (χ0v) is 30.1. The lowest BCUT2D eigenvalue weighted by molar-refractivity contribution is -0.144. The molecule has 0 bridgehead atoms. The van der Waals surface area contributed by atoms with Crippen LogP contribution in [0.4, 0.5) is 4.79 Å². The van der Waals surface area contributed by atoms with Gasteiger partial charge >= 0.3 is 12.0 Å². The van der Waals surface area contributed by atoms with Crippen molar-refractivity contribution in [2.45, 2.75) is 82.5 Å². The fraction of sp³-hybridized carbons (Fsp3) is 0.475. The molecule has 12 nitrogen and oxygen atoms in total. The molecular weight excluding hydrogens is 662 g/mol. The molecule has 52 heavy (non-hydrogen) atoms. The third-order valence-corrected chi connectivity index (χ3v) is 10.7. The van der Waals surface area contributed by atoms with Crippen LogP contribution in [0.15, 0.2) is 67.3 Å². The summed E-state index contributed by atoms with van der Waals surface area (Å²) >= 11 is 0. The predicted molar refractivity (Wildman–Crippen MR) is 197 cm³/mol. The highest BCUT2D eigenvalue weighted by molar-refractivity contribution is 5.95. The Balaban J connectivity index is 1.26. The number of urea groups is 1. The molecular formula is C40H49N5O7. The molecule has 276 valence electrons. The van der Waals surface area contributed by atoms with Crippen LogP contribution in [0.1, 0.15) is 58.8 Å². The topological polar surface area (TPSA) is 159 Å². The first-order valence-corrected chi connectivity index (χ1v) is 18.3. The van der Waals surface area contributed by atoms with Crippen molar-refractivity contribution in [1.82, 2.24) is 25.8 Å². The number of benzene rings is 2. The van der Waals surface area contributed by atoms with Crippen LogP contribution in [-0.2, 0) is 14.4 Å². The van der Waals surface area contributed by atoms with Crippen molar-refractivity contribution in [3.8, 4) is 22.8 Å². The number of ether oxygens (including phenoxy) is 2. The monoisotopic (exact) mass is 711 g/mol. The molecule has 12 heteroatoms. The molecule has 0 spiro atoms. The van der Waals surface area contributed by atoms with Crippen LogP contribution in [0, 0.1) is 17.8 Å². The zero-order chi connectivity index (χ0) is 37.0. The normalized spacial score (nSPS) is 23.5. The number of aliphatic carboxylic acids is 1. The lowest BCUT2D eigenvalue weighted by atomic mass is 9.89. The first kappa shape index (κ1) is 36.7. The number of hydrogen-bond donors (Lipinski definition) is 4. The van der Waals surface area contributed by atoms with Crippen LogP contribution in [0.5, 0.6) is 11.5 Å². The van der Waals surface area contributed by atoms with Crippen LogP contribution in [-0.4, -0.2) is 82.7 Å². The Morgan fingerprint density at radius 2 is 1.83 bits per heavy atom. The molecule has 0 radical (unpaired) electrons. The van der Waals surface area contributed by atoms with E-state index in [0.29, 0.717) is 35.2 Å². The number of amides is 4. The molecule has 1 aromatic heterocycles. The highest BCUT2D eigenvalue weighted by Crippen LogP contribution is 2.45. The number of methoxy groups -OCH3 is 1. The van der Waals surface area contributed by atoms with E-state index in [2.05, 4.69) is 22.5 Å². The Morgan fingerprint density at radius 1 is 1.08 bits per heavy atom. The number of nitrogens with one attached hydrogen (secondary N) is 3. The van der Waals surface area contributed by atoms with Crippen LogP contribution in [0.25, 0.3) is 22.2 Å². The number of pyridine rings is 1. The maximum absolute atomic E-state index is 14.1. The van der Waals surface area contributed by atoms with Crippen molar-refractivity contribution in [2.24, 2.45) is 17.8 Å². The highest BCUT2D eigenvalue weighted by Gasteiger charge is 2.61. The standard InChI is InChI=1S/C40H49N5O7/c1-5-27-21-40(27,38(48)49)44-36(46)33-19-29(23-45(33)39(50)43-35(24(2)3)37(47)41-22-25-12-8-6-9-13-25)52-34-20-31(26-14-10-7-11-15-26)42-32-18-28(51-4)16-17-30(32)34/h5,7,10-11,14-18,20,24-25,27,29,33,35H,1,6,8-9,12-13,19,21-23H2,2-4H3,(H,41,47)(H,43,50)(H,44,46)(H,48,49)/t27?,29-,33+,35+,40?/m1/s1. The second-order valence-electron chi connectivity index (χ2n) is 14.6. The van der Waals surface area contributed by atoms with Gasteiger partial charge in [-0.3, -0.25) is 9.59 Å². The molecule has 5 atom stereocenters. The number of carboxylic acid groups (broad SMARTS) is 1. The molecule has 3 aliphatic rings. The van der Waals surface area contributed by atoms with E-state index in [1.807, 2.05) is 68.4 Å². The third-order valence-electron chi connectivity index (χ3n) is 10.7. The first-order chi connectivity index (χ1) is 25.0. The van der Waals surface area contributed by atoms with E-state index >= 15 is 0 Å². The van der Waals surface area contributed by atoms with Crippen molar-refractivity contribution in [3.63, 3.8) is 0 Å².